The fourth-order valence-electron chi connectivity index (χ4n) is 2.43. The molecule has 94 valence electrons. The third-order valence-corrected chi connectivity index (χ3v) is 3.55. The van der Waals surface area contributed by atoms with Gasteiger partial charge in [-0.3, -0.25) is 0 Å². The zero-order valence-electron chi connectivity index (χ0n) is 9.37. The first kappa shape index (κ1) is 12.7. The predicted octanol–water partition coefficient (Wildman–Crippen LogP) is 3.96. The number of nitrogens with one attached hydrogen (secondary N) is 1. The number of rotatable bonds is 1. The molecule has 1 saturated heterocycles. The quantitative estimate of drug-likeness (QED) is 0.809. The molecule has 1 N–H and O–H groups in total. The van der Waals surface area contributed by atoms with Crippen LogP contribution in [-0.2, 0) is 11.7 Å². The van der Waals surface area contributed by atoms with Crippen molar-refractivity contribution in [3.8, 4) is 0 Å². The summed E-state index contributed by atoms with van der Waals surface area (Å²) in [5.41, 5.74) is -1.14. The molecule has 5 heteroatoms. The first-order valence-electron chi connectivity index (χ1n) is 5.46. The molecule has 1 unspecified atom stereocenters. The van der Waals surface area contributed by atoms with Crippen LogP contribution in [0.4, 0.5) is 13.2 Å². The van der Waals surface area contributed by atoms with Crippen molar-refractivity contribution in [1.82, 2.24) is 5.32 Å². The summed E-state index contributed by atoms with van der Waals surface area (Å²) in [5.74, 6) is 0. The fourth-order valence-corrected chi connectivity index (χ4v) is 2.81. The highest BCUT2D eigenvalue weighted by atomic mass is 35.5. The second-order valence-electron chi connectivity index (χ2n) is 4.52. The summed E-state index contributed by atoms with van der Waals surface area (Å²) in [7, 11) is 0. The molecule has 0 spiro atoms. The SMILES string of the molecule is CC1(c2c(Cl)cccc2C(F)(F)F)CCCN1. The van der Waals surface area contributed by atoms with E-state index in [1.54, 1.807) is 6.92 Å². The van der Waals surface area contributed by atoms with Crippen LogP contribution >= 0.6 is 11.6 Å². The number of hydrogen-bond donors (Lipinski definition) is 1. The van der Waals surface area contributed by atoms with E-state index >= 15 is 0 Å². The van der Waals surface area contributed by atoms with Gasteiger partial charge in [0.2, 0.25) is 0 Å². The van der Waals surface area contributed by atoms with Gasteiger partial charge in [0.1, 0.15) is 0 Å². The molecule has 1 atom stereocenters. The van der Waals surface area contributed by atoms with Crippen LogP contribution in [0.25, 0.3) is 0 Å². The Kier molecular flexibility index (Phi) is 3.12. The highest BCUT2D eigenvalue weighted by Gasteiger charge is 2.41. The van der Waals surface area contributed by atoms with E-state index in [2.05, 4.69) is 5.32 Å². The summed E-state index contributed by atoms with van der Waals surface area (Å²) >= 11 is 5.97. The Morgan fingerprint density at radius 2 is 2.06 bits per heavy atom. The second-order valence-corrected chi connectivity index (χ2v) is 4.93. The fraction of sp³-hybridized carbons (Fsp3) is 0.500. The molecule has 0 aliphatic carbocycles. The first-order chi connectivity index (χ1) is 7.84. The van der Waals surface area contributed by atoms with Crippen LogP contribution in [0, 0.1) is 0 Å². The largest absolute Gasteiger partial charge is 0.416 e. The molecule has 0 saturated carbocycles. The average molecular weight is 264 g/mol. The van der Waals surface area contributed by atoms with Gasteiger partial charge in [-0.1, -0.05) is 17.7 Å². The van der Waals surface area contributed by atoms with Gasteiger partial charge in [0.15, 0.2) is 0 Å². The van der Waals surface area contributed by atoms with Crippen LogP contribution in [0.2, 0.25) is 5.02 Å². The Balaban J connectivity index is 2.59. The third kappa shape index (κ3) is 2.29. The van der Waals surface area contributed by atoms with Gasteiger partial charge >= 0.3 is 6.18 Å². The van der Waals surface area contributed by atoms with Crippen LogP contribution in [-0.4, -0.2) is 6.54 Å². The van der Waals surface area contributed by atoms with Crippen molar-refractivity contribution >= 4 is 11.6 Å². The van der Waals surface area contributed by atoms with Crippen LogP contribution in [0.3, 0.4) is 0 Å². The standard InChI is InChI=1S/C12H13ClF3N/c1-11(6-3-7-17-11)10-8(12(14,15)16)4-2-5-9(10)13/h2,4-5,17H,3,6-7H2,1H3. The molecule has 1 nitrogen and oxygen atoms in total. The van der Waals surface area contributed by atoms with Gasteiger partial charge in [-0.25, -0.2) is 0 Å². The van der Waals surface area contributed by atoms with E-state index < -0.39 is 17.3 Å². The summed E-state index contributed by atoms with van der Waals surface area (Å²) in [6, 6.07) is 3.94. The minimum atomic E-state index is -4.37. The summed E-state index contributed by atoms with van der Waals surface area (Å²) in [4.78, 5) is 0. The van der Waals surface area contributed by atoms with Crippen molar-refractivity contribution in [2.24, 2.45) is 0 Å². The first-order valence-corrected chi connectivity index (χ1v) is 5.84. The molecule has 1 fully saturated rings. The van der Waals surface area contributed by atoms with Crippen molar-refractivity contribution in [3.05, 3.63) is 34.3 Å². The van der Waals surface area contributed by atoms with E-state index in [4.69, 9.17) is 11.6 Å². The summed E-state index contributed by atoms with van der Waals surface area (Å²) in [6.07, 6.45) is -2.84. The molecule has 0 bridgehead atoms. The van der Waals surface area contributed by atoms with E-state index in [0.29, 0.717) is 6.42 Å². The molecule has 0 aromatic heterocycles. The van der Waals surface area contributed by atoms with Crippen molar-refractivity contribution in [3.63, 3.8) is 0 Å². The molecule has 2 rings (SSSR count). The third-order valence-electron chi connectivity index (χ3n) is 3.24. The number of alkyl halides is 3. The lowest BCUT2D eigenvalue weighted by atomic mass is 9.86. The van der Waals surface area contributed by atoms with E-state index in [1.807, 2.05) is 0 Å². The summed E-state index contributed by atoms with van der Waals surface area (Å²) in [6.45, 7) is 2.50. The summed E-state index contributed by atoms with van der Waals surface area (Å²) < 4.78 is 38.9. The van der Waals surface area contributed by atoms with Crippen molar-refractivity contribution in [1.29, 1.82) is 0 Å². The molecule has 0 amide bonds. The van der Waals surface area contributed by atoms with E-state index in [0.717, 1.165) is 19.0 Å². The smallest absolute Gasteiger partial charge is 0.308 e. The van der Waals surface area contributed by atoms with E-state index in [-0.39, 0.29) is 10.6 Å². The molecule has 0 radical (unpaired) electrons. The maximum absolute atomic E-state index is 13.0. The summed E-state index contributed by atoms with van der Waals surface area (Å²) in [5, 5.41) is 3.30. The topological polar surface area (TPSA) is 12.0 Å². The molecule has 17 heavy (non-hydrogen) atoms. The second kappa shape index (κ2) is 4.18. The van der Waals surface area contributed by atoms with Gasteiger partial charge < -0.3 is 5.32 Å². The van der Waals surface area contributed by atoms with Crippen LogP contribution in [0.5, 0.6) is 0 Å². The van der Waals surface area contributed by atoms with Gasteiger partial charge in [-0.2, -0.15) is 13.2 Å². The molecular weight excluding hydrogens is 251 g/mol. The van der Waals surface area contributed by atoms with Crippen LogP contribution in [0.15, 0.2) is 18.2 Å². The van der Waals surface area contributed by atoms with Crippen molar-refractivity contribution in [2.45, 2.75) is 31.5 Å². The minimum absolute atomic E-state index is 0.173. The lowest BCUT2D eigenvalue weighted by molar-refractivity contribution is -0.138. The predicted molar refractivity (Wildman–Crippen MR) is 61.0 cm³/mol. The molecular formula is C12H13ClF3N. The maximum Gasteiger partial charge on any atom is 0.416 e. The number of benzene rings is 1. The molecule has 1 aliphatic heterocycles. The molecule has 1 aliphatic rings. The van der Waals surface area contributed by atoms with Crippen molar-refractivity contribution < 1.29 is 13.2 Å². The Labute approximate surface area is 103 Å². The Morgan fingerprint density at radius 3 is 2.59 bits per heavy atom. The Morgan fingerprint density at radius 1 is 1.35 bits per heavy atom. The monoisotopic (exact) mass is 263 g/mol. The number of halogens is 4. The Hall–Kier alpha value is -0.740. The van der Waals surface area contributed by atoms with Crippen LogP contribution < -0.4 is 5.32 Å². The van der Waals surface area contributed by atoms with Gasteiger partial charge in [0.25, 0.3) is 0 Å². The zero-order valence-corrected chi connectivity index (χ0v) is 10.1. The van der Waals surface area contributed by atoms with Gasteiger partial charge in [0, 0.05) is 16.1 Å². The van der Waals surface area contributed by atoms with Gasteiger partial charge in [-0.05, 0) is 38.4 Å². The molecule has 1 aromatic carbocycles. The van der Waals surface area contributed by atoms with Crippen LogP contribution in [0.1, 0.15) is 30.9 Å². The van der Waals surface area contributed by atoms with E-state index in [1.165, 1.54) is 12.1 Å². The average Bonchev–Trinajstić information content (AvgIpc) is 2.64. The lowest BCUT2D eigenvalue weighted by Crippen LogP contribution is -2.35. The highest BCUT2D eigenvalue weighted by molar-refractivity contribution is 6.31. The lowest BCUT2D eigenvalue weighted by Gasteiger charge is -2.29. The van der Waals surface area contributed by atoms with E-state index in [9.17, 15) is 13.2 Å². The zero-order chi connectivity index (χ0) is 12.7. The van der Waals surface area contributed by atoms with Gasteiger partial charge in [-0.15, -0.1) is 0 Å². The Bertz CT molecular complexity index is 422. The maximum atomic E-state index is 13.0. The minimum Gasteiger partial charge on any atom is -0.308 e. The highest BCUT2D eigenvalue weighted by Crippen LogP contribution is 2.43. The van der Waals surface area contributed by atoms with Gasteiger partial charge in [0.05, 0.1) is 5.56 Å². The molecule has 1 aromatic rings. The van der Waals surface area contributed by atoms with Crippen molar-refractivity contribution in [2.75, 3.05) is 6.54 Å². The normalized spacial score (nSPS) is 25.2. The number of hydrogen-bond acceptors (Lipinski definition) is 1. The molecule has 1 heterocycles.